The third-order valence-corrected chi connectivity index (χ3v) is 3.46. The molecule has 0 heterocycles. The quantitative estimate of drug-likeness (QED) is 0.499. The summed E-state index contributed by atoms with van der Waals surface area (Å²) in [6.07, 6.45) is 0. The van der Waals surface area contributed by atoms with Crippen LogP contribution in [0.1, 0.15) is 15.9 Å². The minimum absolute atomic E-state index is 0.00515. The van der Waals surface area contributed by atoms with E-state index in [0.717, 1.165) is 17.4 Å². The first-order chi connectivity index (χ1) is 11.0. The van der Waals surface area contributed by atoms with Gasteiger partial charge in [0.05, 0.1) is 11.5 Å². The standard InChI is InChI=1S/C16H15ClN2O4/c1-11-4-2-3-5-15(11)23-9-8-18-16(20)12-6-7-13(17)14(10-12)19(21)22/h2-7,10H,8-9H2,1H3,(H,18,20). The van der Waals surface area contributed by atoms with E-state index in [0.29, 0.717) is 6.61 Å². The second-order valence-electron chi connectivity index (χ2n) is 4.79. The van der Waals surface area contributed by atoms with E-state index < -0.39 is 10.8 Å². The lowest BCUT2D eigenvalue weighted by Gasteiger charge is -2.09. The second-order valence-corrected chi connectivity index (χ2v) is 5.20. The third kappa shape index (κ3) is 4.43. The Kier molecular flexibility index (Phi) is 5.54. The van der Waals surface area contributed by atoms with Crippen LogP contribution in [0, 0.1) is 17.0 Å². The van der Waals surface area contributed by atoms with Crippen molar-refractivity contribution in [3.05, 3.63) is 68.7 Å². The number of para-hydroxylation sites is 1. The number of carbonyl (C=O) groups is 1. The summed E-state index contributed by atoms with van der Waals surface area (Å²) in [5.41, 5.74) is 0.889. The molecule has 0 saturated heterocycles. The van der Waals surface area contributed by atoms with E-state index >= 15 is 0 Å². The first-order valence-electron chi connectivity index (χ1n) is 6.89. The molecular weight excluding hydrogens is 320 g/mol. The third-order valence-electron chi connectivity index (χ3n) is 3.14. The number of aryl methyl sites for hydroxylation is 1. The molecule has 120 valence electrons. The van der Waals surface area contributed by atoms with E-state index in [4.69, 9.17) is 16.3 Å². The summed E-state index contributed by atoms with van der Waals surface area (Å²) >= 11 is 5.71. The monoisotopic (exact) mass is 334 g/mol. The van der Waals surface area contributed by atoms with Crippen molar-refractivity contribution in [1.29, 1.82) is 0 Å². The second kappa shape index (κ2) is 7.60. The highest BCUT2D eigenvalue weighted by Gasteiger charge is 2.16. The molecule has 2 aromatic rings. The van der Waals surface area contributed by atoms with Crippen LogP contribution in [0.2, 0.25) is 5.02 Å². The van der Waals surface area contributed by atoms with Gasteiger partial charge in [0.15, 0.2) is 0 Å². The normalized spacial score (nSPS) is 10.2. The number of nitro groups is 1. The fourth-order valence-electron chi connectivity index (χ4n) is 1.94. The topological polar surface area (TPSA) is 81.5 Å². The summed E-state index contributed by atoms with van der Waals surface area (Å²) in [5.74, 6) is 0.335. The van der Waals surface area contributed by atoms with Crippen LogP contribution in [0.4, 0.5) is 5.69 Å². The van der Waals surface area contributed by atoms with E-state index in [9.17, 15) is 14.9 Å². The molecule has 1 amide bonds. The van der Waals surface area contributed by atoms with Crippen molar-refractivity contribution in [2.75, 3.05) is 13.2 Å². The van der Waals surface area contributed by atoms with Gasteiger partial charge in [0, 0.05) is 11.6 Å². The Hall–Kier alpha value is -2.60. The highest BCUT2D eigenvalue weighted by molar-refractivity contribution is 6.32. The highest BCUT2D eigenvalue weighted by Crippen LogP contribution is 2.25. The van der Waals surface area contributed by atoms with Crippen LogP contribution in [0.5, 0.6) is 5.75 Å². The Balaban J connectivity index is 1.89. The molecule has 1 N–H and O–H groups in total. The van der Waals surface area contributed by atoms with Crippen molar-refractivity contribution >= 4 is 23.2 Å². The van der Waals surface area contributed by atoms with Gasteiger partial charge in [-0.2, -0.15) is 0 Å². The zero-order valence-electron chi connectivity index (χ0n) is 12.4. The smallest absolute Gasteiger partial charge is 0.288 e. The van der Waals surface area contributed by atoms with Gasteiger partial charge in [0.1, 0.15) is 17.4 Å². The number of nitrogens with one attached hydrogen (secondary N) is 1. The summed E-state index contributed by atoms with van der Waals surface area (Å²) < 4.78 is 5.56. The highest BCUT2D eigenvalue weighted by atomic mass is 35.5. The van der Waals surface area contributed by atoms with E-state index in [1.165, 1.54) is 12.1 Å². The molecule has 0 unspecified atom stereocenters. The molecule has 0 atom stereocenters. The molecule has 2 rings (SSSR count). The molecule has 7 heteroatoms. The summed E-state index contributed by atoms with van der Waals surface area (Å²) in [4.78, 5) is 22.2. The number of carbonyl (C=O) groups excluding carboxylic acids is 1. The largest absolute Gasteiger partial charge is 0.491 e. The summed E-state index contributed by atoms with van der Waals surface area (Å²) in [5, 5.41) is 13.5. The lowest BCUT2D eigenvalue weighted by Crippen LogP contribution is -2.28. The number of amides is 1. The molecular formula is C16H15ClN2O4. The zero-order valence-corrected chi connectivity index (χ0v) is 13.2. The molecule has 0 aliphatic carbocycles. The van der Waals surface area contributed by atoms with Gasteiger partial charge in [-0.25, -0.2) is 0 Å². The number of halogens is 1. The van der Waals surface area contributed by atoms with Crippen molar-refractivity contribution in [3.63, 3.8) is 0 Å². The summed E-state index contributed by atoms with van der Waals surface area (Å²) in [7, 11) is 0. The SMILES string of the molecule is Cc1ccccc1OCCNC(=O)c1ccc(Cl)c([N+](=O)[O-])c1. The fourth-order valence-corrected chi connectivity index (χ4v) is 2.13. The number of nitrogens with zero attached hydrogens (tertiary/aromatic N) is 1. The molecule has 0 spiro atoms. The average molecular weight is 335 g/mol. The molecule has 23 heavy (non-hydrogen) atoms. The average Bonchev–Trinajstić information content (AvgIpc) is 2.53. The van der Waals surface area contributed by atoms with Crippen LogP contribution in [-0.4, -0.2) is 24.0 Å². The molecule has 0 aliphatic rings. The van der Waals surface area contributed by atoms with E-state index in [-0.39, 0.29) is 22.8 Å². The van der Waals surface area contributed by atoms with E-state index in [2.05, 4.69) is 5.32 Å². The maximum absolute atomic E-state index is 12.0. The van der Waals surface area contributed by atoms with Gasteiger partial charge in [-0.05, 0) is 30.7 Å². The zero-order chi connectivity index (χ0) is 16.8. The van der Waals surface area contributed by atoms with Crippen molar-refractivity contribution in [2.24, 2.45) is 0 Å². The first kappa shape index (κ1) is 16.8. The van der Waals surface area contributed by atoms with Crippen LogP contribution in [0.3, 0.4) is 0 Å². The van der Waals surface area contributed by atoms with Crippen LogP contribution in [-0.2, 0) is 0 Å². The number of hydrogen-bond acceptors (Lipinski definition) is 4. The number of ether oxygens (including phenoxy) is 1. The minimum Gasteiger partial charge on any atom is -0.491 e. The Morgan fingerprint density at radius 2 is 2.04 bits per heavy atom. The minimum atomic E-state index is -0.625. The van der Waals surface area contributed by atoms with Crippen LogP contribution in [0.25, 0.3) is 0 Å². The van der Waals surface area contributed by atoms with Crippen LogP contribution in [0.15, 0.2) is 42.5 Å². The fraction of sp³-hybridized carbons (Fsp3) is 0.188. The summed E-state index contributed by atoms with van der Waals surface area (Å²) in [6.45, 7) is 2.51. The molecule has 0 aliphatic heterocycles. The summed E-state index contributed by atoms with van der Waals surface area (Å²) in [6, 6.07) is 11.5. The first-order valence-corrected chi connectivity index (χ1v) is 7.27. The maximum Gasteiger partial charge on any atom is 0.288 e. The van der Waals surface area contributed by atoms with Gasteiger partial charge >= 0.3 is 0 Å². The molecule has 0 aromatic heterocycles. The predicted octanol–water partition coefficient (Wildman–Crippen LogP) is 3.37. The maximum atomic E-state index is 12.0. The Bertz CT molecular complexity index is 734. The van der Waals surface area contributed by atoms with Gasteiger partial charge in [0.2, 0.25) is 0 Å². The number of nitro benzene ring substituents is 1. The Morgan fingerprint density at radius 3 is 2.74 bits per heavy atom. The van der Waals surface area contributed by atoms with Gasteiger partial charge in [-0.3, -0.25) is 14.9 Å². The molecule has 0 fully saturated rings. The predicted molar refractivity (Wildman–Crippen MR) is 87.1 cm³/mol. The van der Waals surface area contributed by atoms with Gasteiger partial charge in [0.25, 0.3) is 11.6 Å². The van der Waals surface area contributed by atoms with Gasteiger partial charge in [-0.15, -0.1) is 0 Å². The van der Waals surface area contributed by atoms with Gasteiger partial charge < -0.3 is 10.1 Å². The van der Waals surface area contributed by atoms with Crippen molar-refractivity contribution in [2.45, 2.75) is 6.92 Å². The van der Waals surface area contributed by atoms with Crippen molar-refractivity contribution in [1.82, 2.24) is 5.32 Å². The van der Waals surface area contributed by atoms with Crippen molar-refractivity contribution in [3.8, 4) is 5.75 Å². The molecule has 0 radical (unpaired) electrons. The van der Waals surface area contributed by atoms with Gasteiger partial charge in [-0.1, -0.05) is 29.8 Å². The molecule has 6 nitrogen and oxygen atoms in total. The molecule has 2 aromatic carbocycles. The number of rotatable bonds is 6. The van der Waals surface area contributed by atoms with E-state index in [1.54, 1.807) is 0 Å². The Labute approximate surface area is 138 Å². The lowest BCUT2D eigenvalue weighted by molar-refractivity contribution is -0.384. The van der Waals surface area contributed by atoms with Crippen LogP contribution < -0.4 is 10.1 Å². The molecule has 0 bridgehead atoms. The van der Waals surface area contributed by atoms with E-state index in [1.807, 2.05) is 31.2 Å². The lowest BCUT2D eigenvalue weighted by atomic mass is 10.2. The molecule has 0 saturated carbocycles. The number of benzene rings is 2. The van der Waals surface area contributed by atoms with Crippen molar-refractivity contribution < 1.29 is 14.5 Å². The number of hydrogen-bond donors (Lipinski definition) is 1. The Morgan fingerprint density at radius 1 is 1.30 bits per heavy atom. The van der Waals surface area contributed by atoms with Crippen LogP contribution >= 0.6 is 11.6 Å².